The Morgan fingerprint density at radius 1 is 0.978 bits per heavy atom. The summed E-state index contributed by atoms with van der Waals surface area (Å²) in [4.78, 5) is 27.1. The van der Waals surface area contributed by atoms with Gasteiger partial charge in [-0.15, -0.1) is 0 Å². The van der Waals surface area contributed by atoms with E-state index in [1.54, 1.807) is 12.3 Å². The second-order valence-electron chi connectivity index (χ2n) is 11.8. The second kappa shape index (κ2) is 13.0. The highest BCUT2D eigenvalue weighted by Crippen LogP contribution is 2.45. The lowest BCUT2D eigenvalue weighted by molar-refractivity contribution is 0.224. The summed E-state index contributed by atoms with van der Waals surface area (Å²) in [7, 11) is 2.49. The van der Waals surface area contributed by atoms with Gasteiger partial charge in [0.25, 0.3) is 0 Å². The molecule has 238 valence electrons. The molecule has 0 saturated carbocycles. The van der Waals surface area contributed by atoms with Crippen LogP contribution in [0.5, 0.6) is 11.5 Å². The number of aryl methyl sites for hydroxylation is 1. The Labute approximate surface area is 260 Å². The van der Waals surface area contributed by atoms with Gasteiger partial charge in [0, 0.05) is 28.9 Å². The van der Waals surface area contributed by atoms with Crippen molar-refractivity contribution in [3.05, 3.63) is 71.3 Å². The zero-order valence-corrected chi connectivity index (χ0v) is 25.8. The van der Waals surface area contributed by atoms with Crippen LogP contribution in [0.4, 0.5) is 35.0 Å². The number of rotatable bonds is 8. The Kier molecular flexibility index (Phi) is 8.89. The molecular weight excluding hydrogens is 583 g/mol. The second-order valence-corrected chi connectivity index (χ2v) is 11.8. The van der Waals surface area contributed by atoms with Gasteiger partial charge in [-0.3, -0.25) is 9.80 Å². The number of amides is 2. The molecule has 4 heterocycles. The van der Waals surface area contributed by atoms with Gasteiger partial charge >= 0.3 is 6.03 Å². The summed E-state index contributed by atoms with van der Waals surface area (Å²) >= 11 is 0. The number of ether oxygens (including phenoxy) is 2. The summed E-state index contributed by atoms with van der Waals surface area (Å²) in [6, 6.07) is 7.89. The fraction of sp³-hybridized carbons (Fsp3) is 0.412. The number of benzene rings is 2. The summed E-state index contributed by atoms with van der Waals surface area (Å²) < 4.78 is 56.1. The van der Waals surface area contributed by atoms with E-state index in [1.807, 2.05) is 6.07 Å². The van der Waals surface area contributed by atoms with E-state index in [1.165, 1.54) is 69.5 Å². The van der Waals surface area contributed by atoms with E-state index >= 15 is 8.78 Å². The molecule has 45 heavy (non-hydrogen) atoms. The molecule has 1 atom stereocenters. The number of hydrogen-bond acceptors (Lipinski definition) is 5. The maximum atomic E-state index is 15.6. The van der Waals surface area contributed by atoms with Crippen LogP contribution in [0, 0.1) is 23.4 Å². The maximum absolute atomic E-state index is 15.6. The largest absolute Gasteiger partial charge is 0.493 e. The molecule has 2 amide bonds. The number of carbonyl (C=O) groups excluding carboxylic acids is 1. The fourth-order valence-electron chi connectivity index (χ4n) is 6.62. The van der Waals surface area contributed by atoms with Crippen LogP contribution >= 0.6 is 0 Å². The Bertz CT molecular complexity index is 1680. The number of methoxy groups -OCH3 is 2. The molecule has 2 aliphatic heterocycles. The number of anilines is 3. The molecule has 0 spiro atoms. The van der Waals surface area contributed by atoms with E-state index in [9.17, 15) is 9.18 Å². The van der Waals surface area contributed by atoms with Crippen molar-refractivity contribution in [2.45, 2.75) is 52.0 Å². The van der Waals surface area contributed by atoms with Gasteiger partial charge in [0.2, 0.25) is 0 Å². The number of pyridine rings is 1. The van der Waals surface area contributed by atoms with Gasteiger partial charge in [0.15, 0.2) is 23.1 Å². The van der Waals surface area contributed by atoms with Crippen LogP contribution in [0.15, 0.2) is 42.6 Å². The molecule has 0 aliphatic carbocycles. The smallest absolute Gasteiger partial charge is 0.334 e. The highest BCUT2D eigenvalue weighted by atomic mass is 19.1. The number of carbonyl (C=O) groups is 1. The summed E-state index contributed by atoms with van der Waals surface area (Å²) in [5.74, 6) is -2.61. The molecule has 1 saturated heterocycles. The van der Waals surface area contributed by atoms with E-state index < -0.39 is 29.2 Å². The number of H-pyrrole nitrogens is 1. The minimum atomic E-state index is -1.05. The van der Waals surface area contributed by atoms with Crippen LogP contribution in [-0.2, 0) is 13.0 Å². The number of nitrogens with one attached hydrogen (secondary N) is 1. The number of fused-ring (bicyclic) bond motifs is 3. The quantitative estimate of drug-likeness (QED) is 0.218. The third-order valence-electron chi connectivity index (χ3n) is 9.08. The topological polar surface area (TPSA) is 73.9 Å². The molecule has 2 aromatic carbocycles. The molecule has 4 aromatic rings. The van der Waals surface area contributed by atoms with Gasteiger partial charge in [-0.05, 0) is 75.5 Å². The molecule has 1 N–H and O–H groups in total. The summed E-state index contributed by atoms with van der Waals surface area (Å²) in [6.45, 7) is 5.40. The SMILES string of the molecule is CCN1CCCCC(CCc2cc3c4c(cnc3[nH]2)CN(c2c(F)c(OC)cc(OC)c2F)C(=O)N4c2cccc(F)c2)CC1. The number of urea groups is 1. The van der Waals surface area contributed by atoms with Crippen LogP contribution in [0.3, 0.4) is 0 Å². The normalized spacial score (nSPS) is 17.7. The minimum Gasteiger partial charge on any atom is -0.493 e. The van der Waals surface area contributed by atoms with E-state index in [4.69, 9.17) is 9.47 Å². The average Bonchev–Trinajstić information content (AvgIpc) is 3.45. The number of aromatic nitrogens is 2. The zero-order valence-electron chi connectivity index (χ0n) is 25.8. The first-order chi connectivity index (χ1) is 21.8. The Balaban J connectivity index is 1.40. The van der Waals surface area contributed by atoms with Crippen LogP contribution < -0.4 is 19.3 Å². The van der Waals surface area contributed by atoms with Crippen molar-refractivity contribution in [2.75, 3.05) is 43.7 Å². The molecule has 1 fully saturated rings. The van der Waals surface area contributed by atoms with E-state index in [0.717, 1.165) is 42.6 Å². The predicted octanol–water partition coefficient (Wildman–Crippen LogP) is 7.72. The average molecular weight is 622 g/mol. The first kappa shape index (κ1) is 30.8. The van der Waals surface area contributed by atoms with Gasteiger partial charge in [-0.1, -0.05) is 25.8 Å². The lowest BCUT2D eigenvalue weighted by Gasteiger charge is -2.37. The van der Waals surface area contributed by atoms with Crippen molar-refractivity contribution < 1.29 is 27.4 Å². The third kappa shape index (κ3) is 5.93. The van der Waals surface area contributed by atoms with Crippen molar-refractivity contribution >= 4 is 34.1 Å². The van der Waals surface area contributed by atoms with E-state index in [2.05, 4.69) is 21.8 Å². The summed E-state index contributed by atoms with van der Waals surface area (Å²) in [5, 5.41) is 0.679. The molecule has 2 aliphatic rings. The molecule has 0 radical (unpaired) electrons. The van der Waals surface area contributed by atoms with E-state index in [-0.39, 0.29) is 23.7 Å². The van der Waals surface area contributed by atoms with Crippen molar-refractivity contribution in [1.82, 2.24) is 14.9 Å². The summed E-state index contributed by atoms with van der Waals surface area (Å²) in [5.41, 5.74) is 2.20. The van der Waals surface area contributed by atoms with Crippen molar-refractivity contribution in [2.24, 2.45) is 5.92 Å². The Morgan fingerprint density at radius 2 is 1.76 bits per heavy atom. The third-order valence-corrected chi connectivity index (χ3v) is 9.08. The number of likely N-dealkylation sites (tertiary alicyclic amines) is 1. The number of nitrogens with zero attached hydrogens (tertiary/aromatic N) is 4. The first-order valence-corrected chi connectivity index (χ1v) is 15.5. The van der Waals surface area contributed by atoms with E-state index in [0.29, 0.717) is 28.2 Å². The predicted molar refractivity (Wildman–Crippen MR) is 168 cm³/mol. The highest BCUT2D eigenvalue weighted by Gasteiger charge is 2.39. The van der Waals surface area contributed by atoms with Crippen molar-refractivity contribution in [3.8, 4) is 11.5 Å². The zero-order chi connectivity index (χ0) is 31.7. The number of hydrogen-bond donors (Lipinski definition) is 1. The Hall–Kier alpha value is -4.25. The van der Waals surface area contributed by atoms with Crippen molar-refractivity contribution in [3.63, 3.8) is 0 Å². The van der Waals surface area contributed by atoms with Gasteiger partial charge < -0.3 is 19.4 Å². The Morgan fingerprint density at radius 3 is 2.47 bits per heavy atom. The number of halogens is 3. The summed E-state index contributed by atoms with van der Waals surface area (Å²) in [6.07, 6.45) is 8.28. The van der Waals surface area contributed by atoms with Crippen LogP contribution in [0.2, 0.25) is 0 Å². The molecule has 6 rings (SSSR count). The van der Waals surface area contributed by atoms with Crippen LogP contribution in [0.25, 0.3) is 11.0 Å². The maximum Gasteiger partial charge on any atom is 0.334 e. The fourth-order valence-corrected chi connectivity index (χ4v) is 6.62. The monoisotopic (exact) mass is 621 g/mol. The van der Waals surface area contributed by atoms with Gasteiger partial charge in [0.05, 0.1) is 32.1 Å². The van der Waals surface area contributed by atoms with Crippen LogP contribution in [-0.4, -0.2) is 54.8 Å². The van der Waals surface area contributed by atoms with Crippen molar-refractivity contribution in [1.29, 1.82) is 0 Å². The van der Waals surface area contributed by atoms with Crippen LogP contribution in [0.1, 0.15) is 50.3 Å². The molecule has 11 heteroatoms. The number of aromatic amines is 1. The minimum absolute atomic E-state index is 0.177. The lowest BCUT2D eigenvalue weighted by atomic mass is 9.91. The standard InChI is InChI=1S/C34H38F3N5O3/c1-4-40-14-6-5-8-21(13-15-40)11-12-24-17-26-31-22(19-38-33(26)39-24)20-41(34(43)42(31)25-10-7-9-23(35)16-25)32-29(36)27(44-2)18-28(45-3)30(32)37/h7,9-10,16-19,21H,4-6,8,11-15,20H2,1-3H3,(H,38,39). The molecule has 2 aromatic heterocycles. The lowest BCUT2D eigenvalue weighted by Crippen LogP contribution is -2.46. The van der Waals surface area contributed by atoms with Gasteiger partial charge in [-0.2, -0.15) is 0 Å². The molecule has 1 unspecified atom stereocenters. The first-order valence-electron chi connectivity index (χ1n) is 15.5. The van der Waals surface area contributed by atoms with Gasteiger partial charge in [0.1, 0.15) is 17.2 Å². The van der Waals surface area contributed by atoms with Gasteiger partial charge in [-0.25, -0.2) is 22.9 Å². The molecule has 8 nitrogen and oxygen atoms in total. The highest BCUT2D eigenvalue weighted by molar-refractivity contribution is 6.15. The molecular formula is C34H38F3N5O3. The molecule has 0 bridgehead atoms.